The lowest BCUT2D eigenvalue weighted by Gasteiger charge is -2.08. The number of aromatic nitrogens is 2. The first-order chi connectivity index (χ1) is 9.24. The van der Waals surface area contributed by atoms with Gasteiger partial charge < -0.3 is 0 Å². The summed E-state index contributed by atoms with van der Waals surface area (Å²) in [7, 11) is 0. The molecule has 5 heteroatoms. The van der Waals surface area contributed by atoms with Crippen LogP contribution in [0, 0.1) is 22.7 Å². The fraction of sp³-hybridized carbons (Fsp3) is 0.143. The van der Waals surface area contributed by atoms with Crippen molar-refractivity contribution in [2.24, 2.45) is 0 Å². The molecule has 1 aromatic heterocycles. The van der Waals surface area contributed by atoms with Crippen molar-refractivity contribution < 1.29 is 0 Å². The molecule has 0 saturated carbocycles. The van der Waals surface area contributed by atoms with Crippen LogP contribution in [0.1, 0.15) is 22.7 Å². The summed E-state index contributed by atoms with van der Waals surface area (Å²) < 4.78 is 0. The fourth-order valence-corrected chi connectivity index (χ4v) is 1.81. The molecule has 19 heavy (non-hydrogen) atoms. The second kappa shape index (κ2) is 5.95. The lowest BCUT2D eigenvalue weighted by Crippen LogP contribution is -2.02. The molecule has 2 aromatic rings. The van der Waals surface area contributed by atoms with Gasteiger partial charge in [0.25, 0.3) is 0 Å². The van der Waals surface area contributed by atoms with Crippen LogP contribution in [0.15, 0.2) is 36.4 Å². The van der Waals surface area contributed by atoms with Crippen LogP contribution in [0.25, 0.3) is 0 Å². The first-order valence-electron chi connectivity index (χ1n) is 5.59. The Balaban J connectivity index is 2.30. The number of halogens is 1. The molecule has 0 spiro atoms. The van der Waals surface area contributed by atoms with Crippen molar-refractivity contribution >= 4 is 11.6 Å². The maximum absolute atomic E-state index is 9.27. The Bertz CT molecular complexity index is 635. The molecule has 0 bridgehead atoms. The van der Waals surface area contributed by atoms with Gasteiger partial charge in [0, 0.05) is 0 Å². The SMILES string of the molecule is N#CCc1ccc(C(C#N)c2ccc(Cl)nn2)cc1. The van der Waals surface area contributed by atoms with Gasteiger partial charge in [-0.2, -0.15) is 15.6 Å². The number of nitrogens with zero attached hydrogens (tertiary/aromatic N) is 4. The fourth-order valence-electron chi connectivity index (χ4n) is 1.71. The van der Waals surface area contributed by atoms with Gasteiger partial charge in [0.15, 0.2) is 5.15 Å². The normalized spacial score (nSPS) is 11.3. The molecule has 0 aliphatic rings. The van der Waals surface area contributed by atoms with E-state index in [1.54, 1.807) is 12.1 Å². The van der Waals surface area contributed by atoms with E-state index in [0.29, 0.717) is 17.3 Å². The Kier molecular flexibility index (Phi) is 4.07. The van der Waals surface area contributed by atoms with Gasteiger partial charge in [-0.1, -0.05) is 35.9 Å². The highest BCUT2D eigenvalue weighted by Crippen LogP contribution is 2.22. The summed E-state index contributed by atoms with van der Waals surface area (Å²) in [6, 6.07) is 14.9. The molecule has 0 aliphatic heterocycles. The van der Waals surface area contributed by atoms with Gasteiger partial charge in [0.2, 0.25) is 0 Å². The third-order valence-electron chi connectivity index (χ3n) is 2.67. The van der Waals surface area contributed by atoms with Gasteiger partial charge in [-0.05, 0) is 23.3 Å². The summed E-state index contributed by atoms with van der Waals surface area (Å²) >= 11 is 5.67. The standard InChI is InChI=1S/C14H9ClN4/c15-14-6-5-13(18-19-14)12(9-17)11-3-1-10(2-4-11)7-8-16/h1-6,12H,7H2. The molecular weight excluding hydrogens is 260 g/mol. The maximum Gasteiger partial charge on any atom is 0.151 e. The highest BCUT2D eigenvalue weighted by Gasteiger charge is 2.15. The van der Waals surface area contributed by atoms with E-state index >= 15 is 0 Å². The Morgan fingerprint density at radius 1 is 1.05 bits per heavy atom. The molecular formula is C14H9ClN4. The van der Waals surface area contributed by atoms with Crippen LogP contribution in [0.3, 0.4) is 0 Å². The Morgan fingerprint density at radius 2 is 1.79 bits per heavy atom. The minimum absolute atomic E-state index is 0.296. The van der Waals surface area contributed by atoms with Crippen molar-refractivity contribution in [2.75, 3.05) is 0 Å². The van der Waals surface area contributed by atoms with Gasteiger partial charge in [-0.15, -0.1) is 5.10 Å². The lowest BCUT2D eigenvalue weighted by molar-refractivity contribution is 0.884. The largest absolute Gasteiger partial charge is 0.198 e. The van der Waals surface area contributed by atoms with Crippen LogP contribution in [-0.2, 0) is 6.42 Å². The average Bonchev–Trinajstić information content (AvgIpc) is 2.44. The Labute approximate surface area is 115 Å². The van der Waals surface area contributed by atoms with Crippen molar-refractivity contribution in [3.05, 3.63) is 58.4 Å². The molecule has 0 fully saturated rings. The number of hydrogen-bond acceptors (Lipinski definition) is 4. The van der Waals surface area contributed by atoms with Crippen molar-refractivity contribution in [1.82, 2.24) is 10.2 Å². The van der Waals surface area contributed by atoms with E-state index in [1.165, 1.54) is 0 Å². The molecule has 1 unspecified atom stereocenters. The van der Waals surface area contributed by atoms with E-state index in [-0.39, 0.29) is 0 Å². The van der Waals surface area contributed by atoms with E-state index in [9.17, 15) is 5.26 Å². The quantitative estimate of drug-likeness (QED) is 0.858. The smallest absolute Gasteiger partial charge is 0.151 e. The zero-order valence-electron chi connectivity index (χ0n) is 9.92. The molecule has 0 N–H and O–H groups in total. The molecule has 0 radical (unpaired) electrons. The third kappa shape index (κ3) is 3.07. The molecule has 92 valence electrons. The maximum atomic E-state index is 9.27. The monoisotopic (exact) mass is 268 g/mol. The Morgan fingerprint density at radius 3 is 2.32 bits per heavy atom. The highest BCUT2D eigenvalue weighted by atomic mass is 35.5. The first-order valence-corrected chi connectivity index (χ1v) is 5.97. The molecule has 1 aromatic carbocycles. The number of rotatable bonds is 3. The summed E-state index contributed by atoms with van der Waals surface area (Å²) in [4.78, 5) is 0. The first kappa shape index (κ1) is 13.0. The zero-order valence-corrected chi connectivity index (χ0v) is 10.7. The molecule has 2 rings (SSSR count). The number of hydrogen-bond donors (Lipinski definition) is 0. The van der Waals surface area contributed by atoms with Crippen LogP contribution >= 0.6 is 11.6 Å². The molecule has 0 saturated heterocycles. The van der Waals surface area contributed by atoms with Crippen molar-refractivity contribution in [2.45, 2.75) is 12.3 Å². The average molecular weight is 269 g/mol. The van der Waals surface area contributed by atoms with E-state index in [0.717, 1.165) is 11.1 Å². The Hall–Kier alpha value is -2.43. The van der Waals surface area contributed by atoms with E-state index < -0.39 is 5.92 Å². The van der Waals surface area contributed by atoms with Gasteiger partial charge in [0.1, 0.15) is 5.92 Å². The minimum atomic E-state index is -0.485. The van der Waals surface area contributed by atoms with E-state index in [2.05, 4.69) is 22.3 Å². The lowest BCUT2D eigenvalue weighted by atomic mass is 9.95. The summed E-state index contributed by atoms with van der Waals surface area (Å²) in [6.45, 7) is 0. The summed E-state index contributed by atoms with van der Waals surface area (Å²) in [5.41, 5.74) is 2.30. The summed E-state index contributed by atoms with van der Waals surface area (Å²) in [5, 5.41) is 25.9. The van der Waals surface area contributed by atoms with Crippen LogP contribution in [0.4, 0.5) is 0 Å². The topological polar surface area (TPSA) is 73.4 Å². The second-order valence-electron chi connectivity index (χ2n) is 3.92. The van der Waals surface area contributed by atoms with E-state index in [1.807, 2.05) is 24.3 Å². The van der Waals surface area contributed by atoms with Crippen molar-refractivity contribution in [3.63, 3.8) is 0 Å². The zero-order chi connectivity index (χ0) is 13.7. The van der Waals surface area contributed by atoms with Crippen molar-refractivity contribution in [3.8, 4) is 12.1 Å². The molecule has 1 heterocycles. The van der Waals surface area contributed by atoms with Crippen LogP contribution in [0.2, 0.25) is 5.15 Å². The number of benzene rings is 1. The van der Waals surface area contributed by atoms with Crippen LogP contribution < -0.4 is 0 Å². The summed E-state index contributed by atoms with van der Waals surface area (Å²) in [6.07, 6.45) is 0.359. The predicted octanol–water partition coefficient (Wildman–Crippen LogP) is 2.85. The van der Waals surface area contributed by atoms with Gasteiger partial charge >= 0.3 is 0 Å². The van der Waals surface area contributed by atoms with Gasteiger partial charge in [0.05, 0.1) is 24.3 Å². The predicted molar refractivity (Wildman–Crippen MR) is 70.3 cm³/mol. The second-order valence-corrected chi connectivity index (χ2v) is 4.31. The number of nitriles is 2. The third-order valence-corrected chi connectivity index (χ3v) is 2.88. The molecule has 0 amide bonds. The molecule has 1 atom stereocenters. The highest BCUT2D eigenvalue weighted by molar-refractivity contribution is 6.29. The van der Waals surface area contributed by atoms with Gasteiger partial charge in [-0.25, -0.2) is 0 Å². The molecule has 0 aliphatic carbocycles. The van der Waals surface area contributed by atoms with Crippen molar-refractivity contribution in [1.29, 1.82) is 10.5 Å². The molecule has 4 nitrogen and oxygen atoms in total. The van der Waals surface area contributed by atoms with Crippen LogP contribution in [0.5, 0.6) is 0 Å². The summed E-state index contributed by atoms with van der Waals surface area (Å²) in [5.74, 6) is -0.485. The van der Waals surface area contributed by atoms with Gasteiger partial charge in [-0.3, -0.25) is 0 Å². The minimum Gasteiger partial charge on any atom is -0.198 e. The van der Waals surface area contributed by atoms with Crippen LogP contribution in [-0.4, -0.2) is 10.2 Å². The van der Waals surface area contributed by atoms with E-state index in [4.69, 9.17) is 16.9 Å².